The number of benzene rings is 2. The van der Waals surface area contributed by atoms with Crippen LogP contribution in [0, 0.1) is 5.82 Å². The number of azo groups is 1. The van der Waals surface area contributed by atoms with Crippen molar-refractivity contribution in [2.24, 2.45) is 15.2 Å². The summed E-state index contributed by atoms with van der Waals surface area (Å²) in [6.45, 7) is 0.847. The molecule has 2 aromatic heterocycles. The zero-order valence-corrected chi connectivity index (χ0v) is 17.6. The SMILES string of the molecule is Nc1nc(-c2nn(Cc3ccccc3F)c3c2=CCCN=3)nc(N)c1N=Nc1ccccc1. The number of hydrogen-bond acceptors (Lipinski definition) is 8. The molecule has 0 radical (unpaired) electrons. The molecule has 2 aromatic carbocycles. The number of anilines is 2. The molecule has 5 rings (SSSR count). The van der Waals surface area contributed by atoms with Gasteiger partial charge < -0.3 is 11.5 Å². The summed E-state index contributed by atoms with van der Waals surface area (Å²) in [7, 11) is 0. The summed E-state index contributed by atoms with van der Waals surface area (Å²) >= 11 is 0. The summed E-state index contributed by atoms with van der Waals surface area (Å²) < 4.78 is 15.9. The highest BCUT2D eigenvalue weighted by Gasteiger charge is 2.19. The summed E-state index contributed by atoms with van der Waals surface area (Å²) in [4.78, 5) is 13.4. The molecule has 3 heterocycles. The molecule has 1 aliphatic rings. The van der Waals surface area contributed by atoms with Gasteiger partial charge >= 0.3 is 0 Å². The topological polar surface area (TPSA) is 133 Å². The zero-order valence-electron chi connectivity index (χ0n) is 17.6. The van der Waals surface area contributed by atoms with Crippen molar-refractivity contribution in [1.29, 1.82) is 0 Å². The first-order valence-electron chi connectivity index (χ1n) is 10.3. The van der Waals surface area contributed by atoms with E-state index in [4.69, 9.17) is 11.5 Å². The van der Waals surface area contributed by atoms with Gasteiger partial charge in [-0.3, -0.25) is 4.99 Å². The molecule has 10 heteroatoms. The number of nitrogens with two attached hydrogens (primary N) is 2. The van der Waals surface area contributed by atoms with Gasteiger partial charge in [-0.15, -0.1) is 5.11 Å². The Hall–Kier alpha value is -4.47. The minimum absolute atomic E-state index is 0.0855. The monoisotopic (exact) mass is 441 g/mol. The lowest BCUT2D eigenvalue weighted by molar-refractivity contribution is 0.574. The first-order chi connectivity index (χ1) is 16.1. The van der Waals surface area contributed by atoms with E-state index < -0.39 is 0 Å². The summed E-state index contributed by atoms with van der Waals surface area (Å²) in [5.41, 5.74) is 14.8. The van der Waals surface area contributed by atoms with Gasteiger partial charge in [0, 0.05) is 17.3 Å². The van der Waals surface area contributed by atoms with Gasteiger partial charge in [-0.05, 0) is 24.6 Å². The molecule has 33 heavy (non-hydrogen) atoms. The number of hydrogen-bond donors (Lipinski definition) is 2. The van der Waals surface area contributed by atoms with Crippen LogP contribution in [0.3, 0.4) is 0 Å². The summed E-state index contributed by atoms with van der Waals surface area (Å²) in [6.07, 6.45) is 2.76. The van der Waals surface area contributed by atoms with E-state index in [9.17, 15) is 4.39 Å². The Morgan fingerprint density at radius 2 is 1.67 bits per heavy atom. The number of rotatable bonds is 5. The van der Waals surface area contributed by atoms with Gasteiger partial charge in [0.2, 0.25) is 0 Å². The Bertz CT molecular complexity index is 1450. The highest BCUT2D eigenvalue weighted by Crippen LogP contribution is 2.29. The second kappa shape index (κ2) is 8.58. The summed E-state index contributed by atoms with van der Waals surface area (Å²) in [5, 5.41) is 13.7. The van der Waals surface area contributed by atoms with Crippen LogP contribution in [0.15, 0.2) is 69.8 Å². The van der Waals surface area contributed by atoms with Crippen LogP contribution in [0.1, 0.15) is 12.0 Å². The smallest absolute Gasteiger partial charge is 0.184 e. The van der Waals surface area contributed by atoms with E-state index in [1.807, 2.05) is 24.3 Å². The minimum Gasteiger partial charge on any atom is -0.382 e. The predicted molar refractivity (Wildman–Crippen MR) is 123 cm³/mol. The highest BCUT2D eigenvalue weighted by molar-refractivity contribution is 5.73. The quantitative estimate of drug-likeness (QED) is 0.460. The maximum absolute atomic E-state index is 14.2. The lowest BCUT2D eigenvalue weighted by Gasteiger charge is -2.05. The number of nitrogens with zero attached hydrogens (tertiary/aromatic N) is 7. The Balaban J connectivity index is 1.56. The van der Waals surface area contributed by atoms with Crippen LogP contribution in [-0.2, 0) is 6.54 Å². The largest absolute Gasteiger partial charge is 0.382 e. The van der Waals surface area contributed by atoms with Crippen LogP contribution in [-0.4, -0.2) is 26.3 Å². The summed E-state index contributed by atoms with van der Waals surface area (Å²) in [6, 6.07) is 15.8. The van der Waals surface area contributed by atoms with Crippen molar-refractivity contribution in [2.75, 3.05) is 18.0 Å². The maximum atomic E-state index is 14.2. The summed E-state index contributed by atoms with van der Waals surface area (Å²) in [5.74, 6) is 0.117. The number of aromatic nitrogens is 4. The second-order valence-electron chi connectivity index (χ2n) is 7.41. The molecule has 0 atom stereocenters. The van der Waals surface area contributed by atoms with Crippen LogP contribution in [0.2, 0.25) is 0 Å². The first kappa shape index (κ1) is 20.4. The van der Waals surface area contributed by atoms with Gasteiger partial charge in [-0.2, -0.15) is 10.2 Å². The zero-order chi connectivity index (χ0) is 22.8. The number of fused-ring (bicyclic) bond motifs is 1. The average Bonchev–Trinajstić information content (AvgIpc) is 3.19. The molecule has 0 aliphatic carbocycles. The van der Waals surface area contributed by atoms with Crippen molar-refractivity contribution < 1.29 is 4.39 Å². The van der Waals surface area contributed by atoms with E-state index in [-0.39, 0.29) is 35.5 Å². The van der Waals surface area contributed by atoms with E-state index in [2.05, 4.69) is 30.3 Å². The maximum Gasteiger partial charge on any atom is 0.184 e. The fraction of sp³-hybridized carbons (Fsp3) is 0.130. The van der Waals surface area contributed by atoms with Gasteiger partial charge in [-0.25, -0.2) is 19.0 Å². The van der Waals surface area contributed by atoms with Crippen molar-refractivity contribution in [2.45, 2.75) is 13.0 Å². The van der Waals surface area contributed by atoms with Crippen molar-refractivity contribution >= 4 is 29.1 Å². The molecule has 0 bridgehead atoms. The Kier molecular flexibility index (Phi) is 5.31. The highest BCUT2D eigenvalue weighted by atomic mass is 19.1. The molecule has 164 valence electrons. The molecule has 0 unspecified atom stereocenters. The molecular weight excluding hydrogens is 421 g/mol. The molecule has 9 nitrogen and oxygen atoms in total. The molecule has 0 fully saturated rings. The second-order valence-corrected chi connectivity index (χ2v) is 7.41. The lowest BCUT2D eigenvalue weighted by Crippen LogP contribution is -2.33. The third-order valence-electron chi connectivity index (χ3n) is 5.15. The fourth-order valence-electron chi connectivity index (χ4n) is 3.57. The van der Waals surface area contributed by atoms with Crippen molar-refractivity contribution in [1.82, 2.24) is 19.7 Å². The van der Waals surface area contributed by atoms with E-state index in [1.165, 1.54) is 6.07 Å². The third-order valence-corrected chi connectivity index (χ3v) is 5.15. The number of nitrogen functional groups attached to an aromatic ring is 2. The molecule has 4 aromatic rings. The third kappa shape index (κ3) is 4.05. The van der Waals surface area contributed by atoms with Crippen LogP contribution in [0.4, 0.5) is 27.4 Å². The normalized spacial score (nSPS) is 12.9. The van der Waals surface area contributed by atoms with Gasteiger partial charge in [-0.1, -0.05) is 42.5 Å². The van der Waals surface area contributed by atoms with E-state index in [0.29, 0.717) is 29.0 Å². The van der Waals surface area contributed by atoms with Gasteiger partial charge in [0.25, 0.3) is 0 Å². The standard InChI is InChI=1S/C23H20FN9/c24-17-11-5-4-7-14(17)13-33-23-16(10-6-12-27-23)18(32-33)22-28-20(25)19(21(26)29-22)31-30-15-8-2-1-3-9-15/h1-5,7-11H,6,12-13H2,(H4,25,26,28,29). The Morgan fingerprint density at radius 1 is 0.939 bits per heavy atom. The minimum atomic E-state index is -0.305. The van der Waals surface area contributed by atoms with Crippen molar-refractivity contribution in [3.8, 4) is 11.5 Å². The van der Waals surface area contributed by atoms with Crippen LogP contribution < -0.4 is 22.2 Å². The van der Waals surface area contributed by atoms with Crippen molar-refractivity contribution in [3.63, 3.8) is 0 Å². The number of halogens is 1. The molecule has 0 saturated carbocycles. The van der Waals surface area contributed by atoms with Gasteiger partial charge in [0.15, 0.2) is 28.6 Å². The Morgan fingerprint density at radius 3 is 2.42 bits per heavy atom. The molecule has 0 amide bonds. The fourth-order valence-corrected chi connectivity index (χ4v) is 3.57. The van der Waals surface area contributed by atoms with E-state index in [0.717, 1.165) is 11.6 Å². The molecule has 0 saturated heterocycles. The van der Waals surface area contributed by atoms with Crippen molar-refractivity contribution in [3.05, 3.63) is 76.7 Å². The lowest BCUT2D eigenvalue weighted by atomic mass is 10.2. The van der Waals surface area contributed by atoms with Crippen LogP contribution in [0.25, 0.3) is 17.6 Å². The first-order valence-corrected chi connectivity index (χ1v) is 10.3. The predicted octanol–water partition coefficient (Wildman–Crippen LogP) is 2.91. The van der Waals surface area contributed by atoms with E-state index in [1.54, 1.807) is 35.0 Å². The molecule has 0 spiro atoms. The average molecular weight is 441 g/mol. The molecule has 1 aliphatic heterocycles. The van der Waals surface area contributed by atoms with Crippen LogP contribution in [0.5, 0.6) is 0 Å². The molecule has 4 N–H and O–H groups in total. The van der Waals surface area contributed by atoms with Gasteiger partial charge in [0.05, 0.1) is 12.2 Å². The van der Waals surface area contributed by atoms with E-state index >= 15 is 0 Å². The van der Waals surface area contributed by atoms with Gasteiger partial charge in [0.1, 0.15) is 11.5 Å². The Labute approximate surface area is 188 Å². The molecular formula is C23H20FN9. The van der Waals surface area contributed by atoms with Crippen LogP contribution >= 0.6 is 0 Å².